The summed E-state index contributed by atoms with van der Waals surface area (Å²) in [4.78, 5) is 0. The van der Waals surface area contributed by atoms with Crippen LogP contribution in [0.1, 0.15) is 19.4 Å². The molecule has 0 saturated heterocycles. The van der Waals surface area contributed by atoms with E-state index in [4.69, 9.17) is 4.42 Å². The normalized spacial score (nSPS) is 12.3. The summed E-state index contributed by atoms with van der Waals surface area (Å²) >= 11 is 0. The van der Waals surface area contributed by atoms with Crippen LogP contribution in [0.4, 0.5) is 4.39 Å². The lowest BCUT2D eigenvalue weighted by Crippen LogP contribution is -2.14. The predicted octanol–water partition coefficient (Wildman–Crippen LogP) is 2.80. The predicted molar refractivity (Wildman–Crippen MR) is 51.4 cm³/mol. The number of hydrogen-bond acceptors (Lipinski definition) is 2. The third-order valence-electron chi connectivity index (χ3n) is 2.21. The van der Waals surface area contributed by atoms with Crippen molar-refractivity contribution in [1.29, 1.82) is 0 Å². The van der Waals surface area contributed by atoms with Gasteiger partial charge in [-0.05, 0) is 19.9 Å². The molecular formula is C11H11FO2. The van der Waals surface area contributed by atoms with Gasteiger partial charge in [0.1, 0.15) is 0 Å². The molecule has 3 heteroatoms. The molecule has 0 amide bonds. The van der Waals surface area contributed by atoms with E-state index in [9.17, 15) is 9.50 Å². The molecule has 0 atom stereocenters. The van der Waals surface area contributed by atoms with Gasteiger partial charge in [0, 0.05) is 10.9 Å². The molecule has 0 saturated carbocycles. The van der Waals surface area contributed by atoms with Crippen molar-refractivity contribution in [3.8, 4) is 0 Å². The molecule has 0 fully saturated rings. The van der Waals surface area contributed by atoms with Crippen LogP contribution in [0.5, 0.6) is 0 Å². The maximum absolute atomic E-state index is 13.2. The first kappa shape index (κ1) is 9.21. The first-order chi connectivity index (χ1) is 6.50. The van der Waals surface area contributed by atoms with E-state index >= 15 is 0 Å². The summed E-state index contributed by atoms with van der Waals surface area (Å²) in [5.41, 5.74) is -0.212. The molecule has 74 valence electrons. The monoisotopic (exact) mass is 194 g/mol. The van der Waals surface area contributed by atoms with Gasteiger partial charge in [-0.25, -0.2) is 4.39 Å². The summed E-state index contributed by atoms with van der Waals surface area (Å²) in [6, 6.07) is 4.66. The van der Waals surface area contributed by atoms with Crippen molar-refractivity contribution in [3.63, 3.8) is 0 Å². The molecule has 1 heterocycles. The fourth-order valence-electron chi connectivity index (χ4n) is 1.50. The van der Waals surface area contributed by atoms with Gasteiger partial charge in [0.2, 0.25) is 0 Å². The number of halogens is 1. The van der Waals surface area contributed by atoms with Gasteiger partial charge in [0.25, 0.3) is 0 Å². The molecule has 0 spiro atoms. The minimum absolute atomic E-state index is 0.199. The van der Waals surface area contributed by atoms with Crippen LogP contribution in [0.3, 0.4) is 0 Å². The lowest BCUT2D eigenvalue weighted by molar-refractivity contribution is 0.0792. The number of hydrogen-bond donors (Lipinski definition) is 1. The molecule has 0 aliphatic heterocycles. The average Bonchev–Trinajstić information content (AvgIpc) is 2.47. The van der Waals surface area contributed by atoms with Gasteiger partial charge in [-0.3, -0.25) is 0 Å². The Kier molecular flexibility index (Phi) is 1.86. The highest BCUT2D eigenvalue weighted by molar-refractivity contribution is 5.82. The molecule has 0 aliphatic carbocycles. The van der Waals surface area contributed by atoms with Crippen LogP contribution in [0.25, 0.3) is 11.0 Å². The highest BCUT2D eigenvalue weighted by Gasteiger charge is 2.22. The minimum atomic E-state index is -1.01. The van der Waals surface area contributed by atoms with E-state index < -0.39 is 11.4 Å². The van der Waals surface area contributed by atoms with Gasteiger partial charge < -0.3 is 9.52 Å². The second-order valence-electron chi connectivity index (χ2n) is 3.82. The van der Waals surface area contributed by atoms with Crippen LogP contribution < -0.4 is 0 Å². The highest BCUT2D eigenvalue weighted by atomic mass is 19.1. The van der Waals surface area contributed by atoms with E-state index in [1.54, 1.807) is 26.0 Å². The second-order valence-corrected chi connectivity index (χ2v) is 3.82. The van der Waals surface area contributed by atoms with E-state index in [1.165, 1.54) is 12.3 Å². The molecule has 14 heavy (non-hydrogen) atoms. The van der Waals surface area contributed by atoms with Gasteiger partial charge >= 0.3 is 0 Å². The van der Waals surface area contributed by atoms with Gasteiger partial charge in [0.15, 0.2) is 11.4 Å². The lowest BCUT2D eigenvalue weighted by Gasteiger charge is -2.14. The molecule has 2 aromatic rings. The maximum atomic E-state index is 13.2. The third-order valence-corrected chi connectivity index (χ3v) is 2.21. The van der Waals surface area contributed by atoms with Gasteiger partial charge in [0.05, 0.1) is 11.9 Å². The molecule has 0 aliphatic rings. The molecule has 0 radical (unpaired) electrons. The zero-order valence-corrected chi connectivity index (χ0v) is 8.04. The molecule has 0 bridgehead atoms. The topological polar surface area (TPSA) is 33.4 Å². The number of para-hydroxylation sites is 1. The molecule has 1 N–H and O–H groups in total. The van der Waals surface area contributed by atoms with Crippen molar-refractivity contribution in [2.24, 2.45) is 0 Å². The summed E-state index contributed by atoms with van der Waals surface area (Å²) in [5, 5.41) is 10.4. The number of rotatable bonds is 1. The smallest absolute Gasteiger partial charge is 0.169 e. The maximum Gasteiger partial charge on any atom is 0.169 e. The van der Waals surface area contributed by atoms with Gasteiger partial charge in [-0.2, -0.15) is 0 Å². The Labute approximate surface area is 81.0 Å². The van der Waals surface area contributed by atoms with Crippen molar-refractivity contribution >= 4 is 11.0 Å². The van der Waals surface area contributed by atoms with E-state index in [1.807, 2.05) is 0 Å². The largest absolute Gasteiger partial charge is 0.461 e. The fraction of sp³-hybridized carbons (Fsp3) is 0.273. The second kappa shape index (κ2) is 2.82. The van der Waals surface area contributed by atoms with E-state index in [0.717, 1.165) is 0 Å². The molecule has 2 nitrogen and oxygen atoms in total. The Morgan fingerprint density at radius 2 is 2.07 bits per heavy atom. The zero-order chi connectivity index (χ0) is 10.3. The molecule has 1 aromatic carbocycles. The Morgan fingerprint density at radius 3 is 2.71 bits per heavy atom. The molecular weight excluding hydrogens is 183 g/mol. The van der Waals surface area contributed by atoms with Crippen LogP contribution in [-0.2, 0) is 5.60 Å². The Hall–Kier alpha value is -1.35. The summed E-state index contributed by atoms with van der Waals surface area (Å²) in [6.07, 6.45) is 1.40. The lowest BCUT2D eigenvalue weighted by atomic mass is 9.98. The summed E-state index contributed by atoms with van der Waals surface area (Å²) in [6.45, 7) is 3.28. The fourth-order valence-corrected chi connectivity index (χ4v) is 1.50. The minimum Gasteiger partial charge on any atom is -0.461 e. The van der Waals surface area contributed by atoms with Gasteiger partial charge in [-0.1, -0.05) is 12.1 Å². The summed E-state index contributed by atoms with van der Waals surface area (Å²) < 4.78 is 18.3. The number of fused-ring (bicyclic) bond motifs is 1. The van der Waals surface area contributed by atoms with Crippen LogP contribution in [0.15, 0.2) is 28.9 Å². The van der Waals surface area contributed by atoms with Crippen LogP contribution >= 0.6 is 0 Å². The van der Waals surface area contributed by atoms with E-state index in [-0.39, 0.29) is 5.58 Å². The van der Waals surface area contributed by atoms with Crippen molar-refractivity contribution in [1.82, 2.24) is 0 Å². The average molecular weight is 194 g/mol. The SMILES string of the molecule is CC(C)(O)c1coc2c(F)cccc12. The zero-order valence-electron chi connectivity index (χ0n) is 8.04. The number of aliphatic hydroxyl groups is 1. The summed E-state index contributed by atoms with van der Waals surface area (Å²) in [5.74, 6) is -0.405. The molecule has 1 aromatic heterocycles. The van der Waals surface area contributed by atoms with Crippen LogP contribution in [-0.4, -0.2) is 5.11 Å². The standard InChI is InChI=1S/C11H11FO2/c1-11(2,13)8-6-14-10-7(8)4-3-5-9(10)12/h3-6,13H,1-2H3. The quantitative estimate of drug-likeness (QED) is 0.757. The van der Waals surface area contributed by atoms with Crippen molar-refractivity contribution in [2.75, 3.05) is 0 Å². The Bertz CT molecular complexity index is 466. The molecule has 0 unspecified atom stereocenters. The van der Waals surface area contributed by atoms with E-state index in [0.29, 0.717) is 10.9 Å². The first-order valence-corrected chi connectivity index (χ1v) is 4.39. The third kappa shape index (κ3) is 1.30. The Morgan fingerprint density at radius 1 is 1.36 bits per heavy atom. The highest BCUT2D eigenvalue weighted by Crippen LogP contribution is 2.31. The van der Waals surface area contributed by atoms with Crippen LogP contribution in [0.2, 0.25) is 0 Å². The first-order valence-electron chi connectivity index (χ1n) is 4.39. The van der Waals surface area contributed by atoms with Crippen molar-refractivity contribution < 1.29 is 13.9 Å². The number of furan rings is 1. The van der Waals surface area contributed by atoms with Crippen molar-refractivity contribution in [2.45, 2.75) is 19.4 Å². The van der Waals surface area contributed by atoms with E-state index in [2.05, 4.69) is 0 Å². The van der Waals surface area contributed by atoms with Crippen molar-refractivity contribution in [3.05, 3.63) is 35.8 Å². The molecule has 2 rings (SSSR count). The van der Waals surface area contributed by atoms with Gasteiger partial charge in [-0.15, -0.1) is 0 Å². The van der Waals surface area contributed by atoms with Crippen LogP contribution in [0, 0.1) is 5.82 Å². The summed E-state index contributed by atoms with van der Waals surface area (Å²) in [7, 11) is 0. The number of benzene rings is 1. The Balaban J connectivity index is 2.76.